The van der Waals surface area contributed by atoms with Crippen LogP contribution < -0.4 is 10.1 Å². The van der Waals surface area contributed by atoms with Crippen LogP contribution in [0.25, 0.3) is 11.3 Å². The molecule has 28 heavy (non-hydrogen) atoms. The first-order chi connectivity index (χ1) is 13.6. The molecule has 3 rings (SSSR count). The lowest BCUT2D eigenvalue weighted by atomic mass is 10.1. The molecule has 1 amide bonds. The number of esters is 1. The Balaban J connectivity index is 1.69. The molecule has 10 heteroatoms. The summed E-state index contributed by atoms with van der Waals surface area (Å²) >= 11 is 0. The summed E-state index contributed by atoms with van der Waals surface area (Å²) in [4.78, 5) is 32.1. The van der Waals surface area contributed by atoms with Crippen LogP contribution in [0.3, 0.4) is 0 Å². The fraction of sp³-hybridized carbons (Fsp3) is 0.222. The van der Waals surface area contributed by atoms with Crippen LogP contribution in [-0.4, -0.2) is 50.6 Å². The van der Waals surface area contributed by atoms with Crippen LogP contribution in [0.2, 0.25) is 0 Å². The van der Waals surface area contributed by atoms with Crippen molar-refractivity contribution in [3.63, 3.8) is 0 Å². The van der Waals surface area contributed by atoms with E-state index in [1.54, 1.807) is 20.1 Å². The number of amides is 1. The number of benzene rings is 1. The largest absolute Gasteiger partial charge is 0.497 e. The van der Waals surface area contributed by atoms with Gasteiger partial charge < -0.3 is 14.8 Å². The summed E-state index contributed by atoms with van der Waals surface area (Å²) in [6, 6.07) is 8.99. The van der Waals surface area contributed by atoms with Crippen molar-refractivity contribution in [1.82, 2.24) is 25.0 Å². The minimum absolute atomic E-state index is 0.0499. The molecular formula is C18H18N6O4. The molecule has 2 heterocycles. The molecule has 144 valence electrons. The molecule has 0 atom stereocenters. The minimum Gasteiger partial charge on any atom is -0.497 e. The van der Waals surface area contributed by atoms with E-state index in [0.717, 1.165) is 11.3 Å². The summed E-state index contributed by atoms with van der Waals surface area (Å²) in [5.41, 5.74) is 1.53. The van der Waals surface area contributed by atoms with Crippen LogP contribution in [0.15, 0.2) is 42.9 Å². The number of carbonyl (C=O) groups is 2. The average molecular weight is 382 g/mol. The Kier molecular flexibility index (Phi) is 5.90. The quantitative estimate of drug-likeness (QED) is 0.611. The summed E-state index contributed by atoms with van der Waals surface area (Å²) in [5.74, 6) is 0.0804. The monoisotopic (exact) mass is 382 g/mol. The number of rotatable bonds is 7. The molecule has 0 aliphatic carbocycles. The number of methoxy groups -OCH3 is 1. The Morgan fingerprint density at radius 1 is 1.18 bits per heavy atom. The van der Waals surface area contributed by atoms with Crippen molar-refractivity contribution in [2.75, 3.05) is 19.0 Å². The molecule has 0 unspecified atom stereocenters. The van der Waals surface area contributed by atoms with E-state index in [9.17, 15) is 9.59 Å². The Bertz CT molecular complexity index is 970. The van der Waals surface area contributed by atoms with E-state index in [1.807, 2.05) is 24.3 Å². The molecule has 1 aromatic carbocycles. The van der Waals surface area contributed by atoms with Gasteiger partial charge in [0.25, 0.3) is 5.91 Å². The fourth-order valence-electron chi connectivity index (χ4n) is 2.34. The number of ether oxygens (including phenoxy) is 2. The van der Waals surface area contributed by atoms with E-state index in [1.165, 1.54) is 17.2 Å². The molecule has 1 N–H and O–H groups in total. The van der Waals surface area contributed by atoms with E-state index in [0.29, 0.717) is 11.5 Å². The van der Waals surface area contributed by atoms with Gasteiger partial charge in [-0.15, -0.1) is 5.10 Å². The van der Waals surface area contributed by atoms with Crippen LogP contribution in [0.5, 0.6) is 5.75 Å². The predicted molar refractivity (Wildman–Crippen MR) is 98.6 cm³/mol. The molecule has 0 radical (unpaired) electrons. The molecule has 0 fully saturated rings. The minimum atomic E-state index is -0.505. The van der Waals surface area contributed by atoms with Gasteiger partial charge in [-0.3, -0.25) is 9.59 Å². The zero-order chi connectivity index (χ0) is 19.9. The van der Waals surface area contributed by atoms with Crippen molar-refractivity contribution in [2.24, 2.45) is 0 Å². The summed E-state index contributed by atoms with van der Waals surface area (Å²) in [7, 11) is 1.59. The number of nitrogens with one attached hydrogen (secondary N) is 1. The number of anilines is 1. The number of aromatic nitrogens is 5. The first kappa shape index (κ1) is 19.0. The van der Waals surface area contributed by atoms with Gasteiger partial charge in [-0.05, 0) is 31.2 Å². The summed E-state index contributed by atoms with van der Waals surface area (Å²) in [6.45, 7) is 1.86. The van der Waals surface area contributed by atoms with Crippen molar-refractivity contribution in [3.8, 4) is 17.0 Å². The Morgan fingerprint density at radius 2 is 1.96 bits per heavy atom. The van der Waals surface area contributed by atoms with Crippen LogP contribution >= 0.6 is 0 Å². The van der Waals surface area contributed by atoms with Gasteiger partial charge in [-0.1, -0.05) is 5.21 Å². The van der Waals surface area contributed by atoms with Gasteiger partial charge in [0.05, 0.1) is 25.6 Å². The van der Waals surface area contributed by atoms with Crippen molar-refractivity contribution >= 4 is 17.7 Å². The maximum Gasteiger partial charge on any atom is 0.327 e. The molecular weight excluding hydrogens is 364 g/mol. The van der Waals surface area contributed by atoms with Crippen molar-refractivity contribution < 1.29 is 19.1 Å². The zero-order valence-corrected chi connectivity index (χ0v) is 15.3. The molecule has 10 nitrogen and oxygen atoms in total. The van der Waals surface area contributed by atoms with Gasteiger partial charge in [-0.25, -0.2) is 14.6 Å². The summed E-state index contributed by atoms with van der Waals surface area (Å²) < 4.78 is 11.2. The van der Waals surface area contributed by atoms with Crippen molar-refractivity contribution in [2.45, 2.75) is 13.5 Å². The van der Waals surface area contributed by atoms with Crippen LogP contribution in [0.1, 0.15) is 17.4 Å². The van der Waals surface area contributed by atoms with Crippen LogP contribution in [0, 0.1) is 0 Å². The second-order valence-corrected chi connectivity index (χ2v) is 5.58. The van der Waals surface area contributed by atoms with E-state index >= 15 is 0 Å². The van der Waals surface area contributed by atoms with Gasteiger partial charge in [0.2, 0.25) is 0 Å². The predicted octanol–water partition coefficient (Wildman–Crippen LogP) is 1.56. The summed E-state index contributed by atoms with van der Waals surface area (Å²) in [6.07, 6.45) is 2.71. The number of carbonyl (C=O) groups excluding carboxylic acids is 2. The molecule has 0 bridgehead atoms. The smallest absolute Gasteiger partial charge is 0.327 e. The van der Waals surface area contributed by atoms with Gasteiger partial charge in [-0.2, -0.15) is 0 Å². The second kappa shape index (κ2) is 8.71. The highest BCUT2D eigenvalue weighted by Gasteiger charge is 2.14. The average Bonchev–Trinajstić information content (AvgIpc) is 3.17. The van der Waals surface area contributed by atoms with Crippen molar-refractivity contribution in [3.05, 3.63) is 48.5 Å². The van der Waals surface area contributed by atoms with Gasteiger partial charge in [0.15, 0.2) is 5.69 Å². The first-order valence-corrected chi connectivity index (χ1v) is 8.42. The van der Waals surface area contributed by atoms with Gasteiger partial charge in [0.1, 0.15) is 24.4 Å². The standard InChI is InChI=1S/C18H18N6O4/c1-3-28-17(25)10-24-9-15(22-23-24)18(26)21-16-8-14(19-11-20-16)12-4-6-13(27-2)7-5-12/h4-9,11H,3,10H2,1-2H3,(H,19,20,21,26). The Hall–Kier alpha value is -3.82. The van der Waals surface area contributed by atoms with E-state index < -0.39 is 11.9 Å². The maximum atomic E-state index is 12.4. The van der Waals surface area contributed by atoms with Crippen molar-refractivity contribution in [1.29, 1.82) is 0 Å². The van der Waals surface area contributed by atoms with Crippen LogP contribution in [0.4, 0.5) is 5.82 Å². The Morgan fingerprint density at radius 3 is 2.68 bits per heavy atom. The molecule has 0 spiro atoms. The molecule has 0 aliphatic rings. The van der Waals surface area contributed by atoms with E-state index in [-0.39, 0.29) is 18.8 Å². The first-order valence-electron chi connectivity index (χ1n) is 8.42. The molecule has 3 aromatic rings. The van der Waals surface area contributed by atoms with E-state index in [2.05, 4.69) is 25.6 Å². The molecule has 2 aromatic heterocycles. The highest BCUT2D eigenvalue weighted by molar-refractivity contribution is 6.02. The SMILES string of the molecule is CCOC(=O)Cn1cc(C(=O)Nc2cc(-c3ccc(OC)cc3)ncn2)nn1. The third-order valence-corrected chi connectivity index (χ3v) is 3.66. The topological polar surface area (TPSA) is 121 Å². The fourth-order valence-corrected chi connectivity index (χ4v) is 2.34. The molecule has 0 saturated heterocycles. The second-order valence-electron chi connectivity index (χ2n) is 5.58. The third-order valence-electron chi connectivity index (χ3n) is 3.66. The summed E-state index contributed by atoms with van der Waals surface area (Å²) in [5, 5.41) is 10.1. The number of hydrogen-bond acceptors (Lipinski definition) is 8. The Labute approximate surface area is 160 Å². The lowest BCUT2D eigenvalue weighted by molar-refractivity contribution is -0.144. The third kappa shape index (κ3) is 4.67. The van der Waals surface area contributed by atoms with Gasteiger partial charge >= 0.3 is 5.97 Å². The molecule has 0 aliphatic heterocycles. The normalized spacial score (nSPS) is 10.4. The lowest BCUT2D eigenvalue weighted by Crippen LogP contribution is -2.15. The number of nitrogens with zero attached hydrogens (tertiary/aromatic N) is 5. The lowest BCUT2D eigenvalue weighted by Gasteiger charge is -2.06. The molecule has 0 saturated carbocycles. The highest BCUT2D eigenvalue weighted by atomic mass is 16.5. The van der Waals surface area contributed by atoms with Crippen LogP contribution in [-0.2, 0) is 16.1 Å². The van der Waals surface area contributed by atoms with Gasteiger partial charge in [0, 0.05) is 11.6 Å². The maximum absolute atomic E-state index is 12.4. The highest BCUT2D eigenvalue weighted by Crippen LogP contribution is 2.21. The number of hydrogen-bond donors (Lipinski definition) is 1. The van der Waals surface area contributed by atoms with E-state index in [4.69, 9.17) is 9.47 Å². The zero-order valence-electron chi connectivity index (χ0n) is 15.3.